The molecule has 0 unspecified atom stereocenters. The van der Waals surface area contributed by atoms with Crippen molar-refractivity contribution in [3.8, 4) is 0 Å². The van der Waals surface area contributed by atoms with Gasteiger partial charge in [-0.05, 0) is 38.0 Å². The van der Waals surface area contributed by atoms with Crippen molar-refractivity contribution in [3.05, 3.63) is 46.9 Å². The highest BCUT2D eigenvalue weighted by Gasteiger charge is 2.35. The first kappa shape index (κ1) is 17.4. The van der Waals surface area contributed by atoms with Gasteiger partial charge >= 0.3 is 6.18 Å². The molecule has 1 aromatic carbocycles. The first-order valence-corrected chi connectivity index (χ1v) is 7.72. The van der Waals surface area contributed by atoms with Crippen LogP contribution in [0.3, 0.4) is 0 Å². The molecule has 25 heavy (non-hydrogen) atoms. The van der Waals surface area contributed by atoms with Gasteiger partial charge in [0.05, 0.1) is 5.56 Å². The molecule has 0 aliphatic carbocycles. The number of alkyl halides is 3. The van der Waals surface area contributed by atoms with Crippen LogP contribution in [-0.2, 0) is 6.18 Å². The van der Waals surface area contributed by atoms with Crippen LogP contribution in [-0.4, -0.2) is 34.0 Å². The van der Waals surface area contributed by atoms with E-state index >= 15 is 0 Å². The predicted molar refractivity (Wildman–Crippen MR) is 78.3 cm³/mol. The minimum Gasteiger partial charge on any atom is -0.339 e. The maximum Gasteiger partial charge on any atom is 0.419 e. The molecule has 0 N–H and O–H groups in total. The van der Waals surface area contributed by atoms with E-state index in [2.05, 4.69) is 10.1 Å². The molecule has 0 spiro atoms. The van der Waals surface area contributed by atoms with Crippen LogP contribution >= 0.6 is 0 Å². The number of aromatic nitrogens is 2. The fourth-order valence-corrected chi connectivity index (χ4v) is 2.87. The van der Waals surface area contributed by atoms with Crippen LogP contribution in [0.2, 0.25) is 0 Å². The van der Waals surface area contributed by atoms with Crippen LogP contribution in [0.15, 0.2) is 22.7 Å². The number of nitrogens with zero attached hydrogens (tertiary/aromatic N) is 3. The topological polar surface area (TPSA) is 59.2 Å². The molecule has 5 nitrogen and oxygen atoms in total. The van der Waals surface area contributed by atoms with Crippen molar-refractivity contribution in [1.82, 2.24) is 15.0 Å². The van der Waals surface area contributed by atoms with Crippen molar-refractivity contribution in [3.63, 3.8) is 0 Å². The zero-order valence-corrected chi connectivity index (χ0v) is 13.3. The number of benzene rings is 1. The summed E-state index contributed by atoms with van der Waals surface area (Å²) >= 11 is 0. The highest BCUT2D eigenvalue weighted by atomic mass is 19.4. The zero-order valence-electron chi connectivity index (χ0n) is 13.3. The number of piperidine rings is 1. The van der Waals surface area contributed by atoms with Gasteiger partial charge in [0.2, 0.25) is 5.89 Å². The van der Waals surface area contributed by atoms with Gasteiger partial charge in [-0.2, -0.15) is 18.2 Å². The lowest BCUT2D eigenvalue weighted by atomic mass is 9.96. The average Bonchev–Trinajstić information content (AvgIpc) is 3.00. The Bertz CT molecular complexity index is 780. The van der Waals surface area contributed by atoms with Crippen LogP contribution in [0.4, 0.5) is 17.6 Å². The fourth-order valence-electron chi connectivity index (χ4n) is 2.87. The summed E-state index contributed by atoms with van der Waals surface area (Å²) in [5.41, 5.74) is -1.62. The van der Waals surface area contributed by atoms with Gasteiger partial charge in [0.15, 0.2) is 5.82 Å². The Kier molecular flexibility index (Phi) is 4.49. The van der Waals surface area contributed by atoms with E-state index in [-0.39, 0.29) is 11.5 Å². The molecule has 2 heterocycles. The van der Waals surface area contributed by atoms with Crippen molar-refractivity contribution in [2.45, 2.75) is 31.9 Å². The molecule has 2 aromatic rings. The summed E-state index contributed by atoms with van der Waals surface area (Å²) in [4.78, 5) is 18.0. The molecule has 1 fully saturated rings. The molecule has 1 aliphatic heterocycles. The number of amides is 1. The van der Waals surface area contributed by atoms with Gasteiger partial charge in [-0.3, -0.25) is 4.79 Å². The smallest absolute Gasteiger partial charge is 0.339 e. The number of hydrogen-bond acceptors (Lipinski definition) is 4. The number of carbonyl (C=O) groups excluding carboxylic acids is 1. The summed E-state index contributed by atoms with van der Waals surface area (Å²) in [5, 5.41) is 3.73. The zero-order chi connectivity index (χ0) is 18.2. The third kappa shape index (κ3) is 3.64. The van der Waals surface area contributed by atoms with Crippen LogP contribution in [0.5, 0.6) is 0 Å². The Hall–Kier alpha value is -2.45. The Morgan fingerprint density at radius 2 is 1.96 bits per heavy atom. The van der Waals surface area contributed by atoms with Gasteiger partial charge in [0.1, 0.15) is 5.82 Å². The van der Waals surface area contributed by atoms with Gasteiger partial charge in [0, 0.05) is 24.6 Å². The summed E-state index contributed by atoms with van der Waals surface area (Å²) < 4.78 is 56.8. The summed E-state index contributed by atoms with van der Waals surface area (Å²) in [6, 6.07) is 2.30. The summed E-state index contributed by atoms with van der Waals surface area (Å²) in [6.07, 6.45) is -3.70. The average molecular weight is 357 g/mol. The van der Waals surface area contributed by atoms with Gasteiger partial charge < -0.3 is 9.42 Å². The molecule has 1 aliphatic rings. The molecule has 3 rings (SSSR count). The van der Waals surface area contributed by atoms with E-state index in [9.17, 15) is 22.4 Å². The second kappa shape index (κ2) is 6.45. The molecule has 9 heteroatoms. The summed E-state index contributed by atoms with van der Waals surface area (Å²) in [5.74, 6) is -0.894. The normalized spacial score (nSPS) is 16.3. The largest absolute Gasteiger partial charge is 0.419 e. The first-order chi connectivity index (χ1) is 11.8. The minimum atomic E-state index is -4.84. The maximum atomic E-state index is 13.3. The van der Waals surface area contributed by atoms with E-state index in [0.717, 1.165) is 6.07 Å². The Balaban J connectivity index is 1.71. The second-order valence-electron chi connectivity index (χ2n) is 5.94. The number of halogens is 4. The lowest BCUT2D eigenvalue weighted by Crippen LogP contribution is -2.38. The monoisotopic (exact) mass is 357 g/mol. The Morgan fingerprint density at radius 3 is 2.52 bits per heavy atom. The van der Waals surface area contributed by atoms with E-state index in [1.54, 1.807) is 6.92 Å². The summed E-state index contributed by atoms with van der Waals surface area (Å²) in [6.45, 7) is 2.41. The lowest BCUT2D eigenvalue weighted by molar-refractivity contribution is -0.140. The first-order valence-electron chi connectivity index (χ1n) is 7.72. The third-order valence-corrected chi connectivity index (χ3v) is 4.19. The summed E-state index contributed by atoms with van der Waals surface area (Å²) in [7, 11) is 0. The Labute approximate surface area is 140 Å². The standard InChI is InChI=1S/C16H15F4N3O2/c1-9-21-14(25-22-9)10-4-6-23(7-5-10)15(24)11-2-3-13(17)12(8-11)16(18,19)20/h2-3,8,10H,4-7H2,1H3. The third-order valence-electron chi connectivity index (χ3n) is 4.19. The quantitative estimate of drug-likeness (QED) is 0.771. The van der Waals surface area contributed by atoms with E-state index in [1.807, 2.05) is 0 Å². The van der Waals surface area contributed by atoms with Crippen molar-refractivity contribution >= 4 is 5.91 Å². The number of rotatable bonds is 2. The number of likely N-dealkylation sites (tertiary alicyclic amines) is 1. The molecule has 1 saturated heterocycles. The molecular weight excluding hydrogens is 342 g/mol. The maximum absolute atomic E-state index is 13.3. The van der Waals surface area contributed by atoms with Crippen LogP contribution < -0.4 is 0 Å². The Morgan fingerprint density at radius 1 is 1.28 bits per heavy atom. The lowest BCUT2D eigenvalue weighted by Gasteiger charge is -2.30. The molecule has 0 atom stereocenters. The fraction of sp³-hybridized carbons (Fsp3) is 0.438. The van der Waals surface area contributed by atoms with Gasteiger partial charge in [-0.25, -0.2) is 4.39 Å². The highest BCUT2D eigenvalue weighted by molar-refractivity contribution is 5.94. The minimum absolute atomic E-state index is 0.0178. The molecule has 134 valence electrons. The highest BCUT2D eigenvalue weighted by Crippen LogP contribution is 2.33. The molecule has 1 amide bonds. The van der Waals surface area contributed by atoms with Crippen LogP contribution in [0.1, 0.15) is 46.4 Å². The van der Waals surface area contributed by atoms with Gasteiger partial charge in [0.25, 0.3) is 5.91 Å². The SMILES string of the molecule is Cc1noc(C2CCN(C(=O)c3ccc(F)c(C(F)(F)F)c3)CC2)n1. The molecular formula is C16H15F4N3O2. The predicted octanol–water partition coefficient (Wildman–Crippen LogP) is 3.56. The molecule has 0 bridgehead atoms. The number of carbonyl (C=O) groups is 1. The van der Waals surface area contributed by atoms with Crippen molar-refractivity contribution in [2.75, 3.05) is 13.1 Å². The van der Waals surface area contributed by atoms with E-state index in [1.165, 1.54) is 4.90 Å². The second-order valence-corrected chi connectivity index (χ2v) is 5.94. The van der Waals surface area contributed by atoms with E-state index in [0.29, 0.717) is 49.8 Å². The van der Waals surface area contributed by atoms with Crippen molar-refractivity contribution < 1.29 is 26.9 Å². The van der Waals surface area contributed by atoms with Gasteiger partial charge in [-0.15, -0.1) is 0 Å². The van der Waals surface area contributed by atoms with Crippen molar-refractivity contribution in [1.29, 1.82) is 0 Å². The van der Waals surface area contributed by atoms with E-state index in [4.69, 9.17) is 4.52 Å². The molecule has 0 saturated carbocycles. The molecule has 1 aromatic heterocycles. The van der Waals surface area contributed by atoms with Gasteiger partial charge in [-0.1, -0.05) is 5.16 Å². The van der Waals surface area contributed by atoms with Crippen LogP contribution in [0, 0.1) is 12.7 Å². The number of aryl methyl sites for hydroxylation is 1. The molecule has 0 radical (unpaired) electrons. The number of hydrogen-bond donors (Lipinski definition) is 0. The van der Waals surface area contributed by atoms with E-state index < -0.39 is 23.5 Å². The van der Waals surface area contributed by atoms with Crippen LogP contribution in [0.25, 0.3) is 0 Å². The van der Waals surface area contributed by atoms with Crippen molar-refractivity contribution in [2.24, 2.45) is 0 Å².